The van der Waals surface area contributed by atoms with Gasteiger partial charge in [-0.3, -0.25) is 4.79 Å². The fraction of sp³-hybridized carbons (Fsp3) is 0.105. The molecule has 1 heterocycles. The van der Waals surface area contributed by atoms with Crippen LogP contribution in [0.1, 0.15) is 21.7 Å². The molecule has 0 radical (unpaired) electrons. The van der Waals surface area contributed by atoms with Crippen LogP contribution in [0, 0.1) is 0 Å². The largest absolute Gasteiger partial charge is 0.508 e. The van der Waals surface area contributed by atoms with E-state index in [0.29, 0.717) is 30.0 Å². The van der Waals surface area contributed by atoms with Gasteiger partial charge in [-0.15, -0.1) is 0 Å². The molecule has 3 rings (SSSR count). The molecule has 1 amide bonds. The van der Waals surface area contributed by atoms with Gasteiger partial charge in [-0.25, -0.2) is 0 Å². The van der Waals surface area contributed by atoms with Crippen LogP contribution in [0.2, 0.25) is 0 Å². The molecule has 0 bridgehead atoms. The Morgan fingerprint density at radius 1 is 1.04 bits per heavy atom. The molecule has 0 spiro atoms. The number of rotatable bonds is 5. The highest BCUT2D eigenvalue weighted by molar-refractivity contribution is 9.10. The molecule has 0 aliphatic heterocycles. The average Bonchev–Trinajstić information content (AvgIpc) is 3.08. The molecule has 1 N–H and O–H groups in total. The molecule has 0 fully saturated rings. The molecule has 2 aromatic carbocycles. The standard InChI is InChI=1S/C19H16BrNO3/c20-16-7-3-6-14(11-16)19(23)21(13-17-8-4-10-24-17)12-15-5-1-2-9-18(15)22/h1-11,22H,12-13H2. The summed E-state index contributed by atoms with van der Waals surface area (Å²) in [7, 11) is 0. The first-order chi connectivity index (χ1) is 11.6. The smallest absolute Gasteiger partial charge is 0.254 e. The van der Waals surface area contributed by atoms with Gasteiger partial charge in [-0.1, -0.05) is 40.2 Å². The van der Waals surface area contributed by atoms with Crippen molar-refractivity contribution in [1.82, 2.24) is 4.90 Å². The molecule has 0 aliphatic carbocycles. The normalized spacial score (nSPS) is 10.5. The predicted molar refractivity (Wildman–Crippen MR) is 94.5 cm³/mol. The van der Waals surface area contributed by atoms with Crippen LogP contribution in [0.4, 0.5) is 0 Å². The summed E-state index contributed by atoms with van der Waals surface area (Å²) in [6.45, 7) is 0.616. The molecular formula is C19H16BrNO3. The lowest BCUT2D eigenvalue weighted by Crippen LogP contribution is -2.30. The molecule has 0 atom stereocenters. The first kappa shape index (κ1) is 16.3. The number of carbonyl (C=O) groups is 1. The van der Waals surface area contributed by atoms with Crippen LogP contribution < -0.4 is 0 Å². The minimum atomic E-state index is -0.129. The summed E-state index contributed by atoms with van der Waals surface area (Å²) in [5, 5.41) is 10.0. The summed E-state index contributed by atoms with van der Waals surface area (Å²) in [4.78, 5) is 14.6. The first-order valence-corrected chi connectivity index (χ1v) is 8.27. The highest BCUT2D eigenvalue weighted by atomic mass is 79.9. The predicted octanol–water partition coefficient (Wildman–Crippen LogP) is 4.59. The number of furan rings is 1. The molecule has 0 aliphatic rings. The number of para-hydroxylation sites is 1. The molecule has 122 valence electrons. The molecule has 3 aromatic rings. The summed E-state index contributed by atoms with van der Waals surface area (Å²) >= 11 is 3.39. The molecule has 0 unspecified atom stereocenters. The molecular weight excluding hydrogens is 370 g/mol. The minimum Gasteiger partial charge on any atom is -0.508 e. The van der Waals surface area contributed by atoms with Gasteiger partial charge in [0.15, 0.2) is 0 Å². The maximum absolute atomic E-state index is 12.9. The van der Waals surface area contributed by atoms with Gasteiger partial charge in [-0.05, 0) is 36.4 Å². The van der Waals surface area contributed by atoms with Crippen LogP contribution in [0.25, 0.3) is 0 Å². The van der Waals surface area contributed by atoms with Gasteiger partial charge in [0.2, 0.25) is 0 Å². The Bertz CT molecular complexity index is 830. The van der Waals surface area contributed by atoms with Crippen LogP contribution in [-0.2, 0) is 13.1 Å². The maximum atomic E-state index is 12.9. The first-order valence-electron chi connectivity index (χ1n) is 7.47. The van der Waals surface area contributed by atoms with Crippen molar-refractivity contribution in [3.63, 3.8) is 0 Å². The minimum absolute atomic E-state index is 0.129. The SMILES string of the molecule is O=C(c1cccc(Br)c1)N(Cc1ccco1)Cc1ccccc1O. The number of nitrogens with zero attached hydrogens (tertiary/aromatic N) is 1. The Kier molecular flexibility index (Phi) is 5.01. The lowest BCUT2D eigenvalue weighted by molar-refractivity contribution is 0.0716. The van der Waals surface area contributed by atoms with Crippen molar-refractivity contribution in [2.45, 2.75) is 13.1 Å². The number of phenols is 1. The fourth-order valence-electron chi connectivity index (χ4n) is 2.44. The Morgan fingerprint density at radius 2 is 1.88 bits per heavy atom. The fourth-order valence-corrected chi connectivity index (χ4v) is 2.84. The number of benzene rings is 2. The van der Waals surface area contributed by atoms with Crippen LogP contribution in [0.5, 0.6) is 5.75 Å². The number of aromatic hydroxyl groups is 1. The van der Waals surface area contributed by atoms with Crippen LogP contribution in [0.15, 0.2) is 75.8 Å². The molecule has 1 aromatic heterocycles. The quantitative estimate of drug-likeness (QED) is 0.698. The van der Waals surface area contributed by atoms with E-state index in [9.17, 15) is 9.90 Å². The van der Waals surface area contributed by atoms with Crippen molar-refractivity contribution in [3.05, 3.63) is 88.3 Å². The van der Waals surface area contributed by atoms with E-state index in [-0.39, 0.29) is 11.7 Å². The van der Waals surface area contributed by atoms with E-state index >= 15 is 0 Å². The maximum Gasteiger partial charge on any atom is 0.254 e. The zero-order valence-electron chi connectivity index (χ0n) is 12.9. The summed E-state index contributed by atoms with van der Waals surface area (Å²) in [6, 6.07) is 17.9. The van der Waals surface area contributed by atoms with Crippen LogP contribution in [-0.4, -0.2) is 15.9 Å². The third-order valence-electron chi connectivity index (χ3n) is 3.64. The van der Waals surface area contributed by atoms with Gasteiger partial charge >= 0.3 is 0 Å². The second-order valence-electron chi connectivity index (χ2n) is 5.38. The summed E-state index contributed by atoms with van der Waals surface area (Å²) in [5.74, 6) is 0.730. The van der Waals surface area contributed by atoms with E-state index in [0.717, 1.165) is 4.47 Å². The van der Waals surface area contributed by atoms with E-state index in [1.54, 1.807) is 47.6 Å². The van der Waals surface area contributed by atoms with Gasteiger partial charge in [0.1, 0.15) is 11.5 Å². The zero-order valence-corrected chi connectivity index (χ0v) is 14.4. The highest BCUT2D eigenvalue weighted by Gasteiger charge is 2.19. The van der Waals surface area contributed by atoms with Crippen molar-refractivity contribution >= 4 is 21.8 Å². The average molecular weight is 386 g/mol. The Morgan fingerprint density at radius 3 is 2.58 bits per heavy atom. The molecule has 0 saturated carbocycles. The summed E-state index contributed by atoms with van der Waals surface area (Å²) in [5.41, 5.74) is 1.26. The van der Waals surface area contributed by atoms with E-state index in [1.165, 1.54) is 0 Å². The topological polar surface area (TPSA) is 53.7 Å². The van der Waals surface area contributed by atoms with Crippen LogP contribution >= 0.6 is 15.9 Å². The highest BCUT2D eigenvalue weighted by Crippen LogP contribution is 2.22. The van der Waals surface area contributed by atoms with E-state index in [4.69, 9.17) is 4.42 Å². The second-order valence-corrected chi connectivity index (χ2v) is 6.30. The number of amides is 1. The van der Waals surface area contributed by atoms with Crippen molar-refractivity contribution in [1.29, 1.82) is 0 Å². The molecule has 5 heteroatoms. The molecule has 0 saturated heterocycles. The van der Waals surface area contributed by atoms with Gasteiger partial charge in [0.25, 0.3) is 5.91 Å². The molecule has 24 heavy (non-hydrogen) atoms. The Labute approximate surface area is 148 Å². The van der Waals surface area contributed by atoms with Gasteiger partial charge in [-0.2, -0.15) is 0 Å². The Balaban J connectivity index is 1.89. The van der Waals surface area contributed by atoms with Crippen molar-refractivity contribution in [2.24, 2.45) is 0 Å². The number of halogens is 1. The summed E-state index contributed by atoms with van der Waals surface area (Å²) in [6.07, 6.45) is 1.58. The lowest BCUT2D eigenvalue weighted by Gasteiger charge is -2.22. The number of carbonyl (C=O) groups excluding carboxylic acids is 1. The Hall–Kier alpha value is -2.53. The van der Waals surface area contributed by atoms with E-state index in [2.05, 4.69) is 15.9 Å². The number of phenolic OH excluding ortho intramolecular Hbond substituents is 1. The van der Waals surface area contributed by atoms with Gasteiger partial charge in [0, 0.05) is 15.6 Å². The second kappa shape index (κ2) is 7.36. The van der Waals surface area contributed by atoms with Gasteiger partial charge in [0.05, 0.1) is 19.4 Å². The zero-order chi connectivity index (χ0) is 16.9. The van der Waals surface area contributed by atoms with Crippen molar-refractivity contribution in [3.8, 4) is 5.75 Å². The number of hydrogen-bond acceptors (Lipinski definition) is 3. The third-order valence-corrected chi connectivity index (χ3v) is 4.13. The monoisotopic (exact) mass is 385 g/mol. The molecule has 4 nitrogen and oxygen atoms in total. The van der Waals surface area contributed by atoms with Crippen LogP contribution in [0.3, 0.4) is 0 Å². The van der Waals surface area contributed by atoms with E-state index < -0.39 is 0 Å². The number of hydrogen-bond donors (Lipinski definition) is 1. The lowest BCUT2D eigenvalue weighted by atomic mass is 10.1. The van der Waals surface area contributed by atoms with Crippen molar-refractivity contribution in [2.75, 3.05) is 0 Å². The van der Waals surface area contributed by atoms with Gasteiger partial charge < -0.3 is 14.4 Å². The van der Waals surface area contributed by atoms with Crippen molar-refractivity contribution < 1.29 is 14.3 Å². The third kappa shape index (κ3) is 3.86. The van der Waals surface area contributed by atoms with E-state index in [1.807, 2.05) is 24.3 Å². The summed E-state index contributed by atoms with van der Waals surface area (Å²) < 4.78 is 6.22.